The molecule has 0 aliphatic heterocycles. The standard InChI is InChI=1S/C12H17ClN2O3/c1-18-7-5-15(4-6-16)12(17)9-2-3-11(14)10(13)8-9/h2-3,8,16H,4-7,14H2,1H3. The van der Waals surface area contributed by atoms with E-state index in [0.717, 1.165) is 0 Å². The highest BCUT2D eigenvalue weighted by Crippen LogP contribution is 2.20. The van der Waals surface area contributed by atoms with Crippen LogP contribution in [0.3, 0.4) is 0 Å². The fourth-order valence-electron chi connectivity index (χ4n) is 1.48. The maximum atomic E-state index is 12.2. The molecular weight excluding hydrogens is 256 g/mol. The second-order valence-electron chi connectivity index (χ2n) is 3.74. The minimum absolute atomic E-state index is 0.0990. The van der Waals surface area contributed by atoms with Crippen LogP contribution in [0.25, 0.3) is 0 Å². The lowest BCUT2D eigenvalue weighted by Gasteiger charge is -2.21. The highest BCUT2D eigenvalue weighted by atomic mass is 35.5. The zero-order valence-electron chi connectivity index (χ0n) is 10.2. The van der Waals surface area contributed by atoms with Crippen molar-refractivity contribution in [1.82, 2.24) is 4.90 Å². The Hall–Kier alpha value is -1.30. The van der Waals surface area contributed by atoms with E-state index in [4.69, 9.17) is 27.2 Å². The Balaban J connectivity index is 2.83. The van der Waals surface area contributed by atoms with E-state index < -0.39 is 0 Å². The Kier molecular flexibility index (Phi) is 5.91. The van der Waals surface area contributed by atoms with Gasteiger partial charge in [-0.1, -0.05) is 11.6 Å². The first-order valence-corrected chi connectivity index (χ1v) is 5.92. The van der Waals surface area contributed by atoms with Crippen molar-refractivity contribution >= 4 is 23.2 Å². The van der Waals surface area contributed by atoms with E-state index >= 15 is 0 Å². The number of aliphatic hydroxyl groups is 1. The molecule has 3 N–H and O–H groups in total. The van der Waals surface area contributed by atoms with Gasteiger partial charge >= 0.3 is 0 Å². The predicted molar refractivity (Wildman–Crippen MR) is 70.7 cm³/mol. The monoisotopic (exact) mass is 272 g/mol. The van der Waals surface area contributed by atoms with Gasteiger partial charge in [0.25, 0.3) is 5.91 Å². The average molecular weight is 273 g/mol. The first-order chi connectivity index (χ1) is 8.60. The Labute approximate surface area is 111 Å². The third-order valence-electron chi connectivity index (χ3n) is 2.47. The summed E-state index contributed by atoms with van der Waals surface area (Å²) >= 11 is 5.87. The number of nitrogen functional groups attached to an aromatic ring is 1. The highest BCUT2D eigenvalue weighted by molar-refractivity contribution is 6.33. The SMILES string of the molecule is COCCN(CCO)C(=O)c1ccc(N)c(Cl)c1. The van der Waals surface area contributed by atoms with Crippen molar-refractivity contribution in [2.75, 3.05) is 39.1 Å². The summed E-state index contributed by atoms with van der Waals surface area (Å²) in [7, 11) is 1.56. The minimum Gasteiger partial charge on any atom is -0.398 e. The molecule has 0 bridgehead atoms. The molecule has 1 rings (SSSR count). The third-order valence-corrected chi connectivity index (χ3v) is 2.80. The molecule has 0 aliphatic rings. The maximum absolute atomic E-state index is 12.2. The van der Waals surface area contributed by atoms with Gasteiger partial charge in [-0.3, -0.25) is 4.79 Å². The summed E-state index contributed by atoms with van der Waals surface area (Å²) in [6.45, 7) is 0.981. The summed E-state index contributed by atoms with van der Waals surface area (Å²) in [5.41, 5.74) is 6.46. The zero-order chi connectivity index (χ0) is 13.5. The van der Waals surface area contributed by atoms with Crippen molar-refractivity contribution in [3.05, 3.63) is 28.8 Å². The molecule has 0 fully saturated rings. The van der Waals surface area contributed by atoms with Crippen LogP contribution >= 0.6 is 11.6 Å². The Morgan fingerprint density at radius 2 is 2.22 bits per heavy atom. The number of nitrogens with two attached hydrogens (primary N) is 1. The lowest BCUT2D eigenvalue weighted by atomic mass is 10.2. The van der Waals surface area contributed by atoms with E-state index in [9.17, 15) is 4.79 Å². The molecule has 18 heavy (non-hydrogen) atoms. The minimum atomic E-state index is -0.206. The van der Waals surface area contributed by atoms with E-state index in [2.05, 4.69) is 0 Å². The van der Waals surface area contributed by atoms with Gasteiger partial charge in [-0.25, -0.2) is 0 Å². The molecule has 0 aliphatic carbocycles. The number of anilines is 1. The maximum Gasteiger partial charge on any atom is 0.254 e. The van der Waals surface area contributed by atoms with Crippen molar-refractivity contribution < 1.29 is 14.6 Å². The number of benzene rings is 1. The number of nitrogens with zero attached hydrogens (tertiary/aromatic N) is 1. The van der Waals surface area contributed by atoms with Gasteiger partial charge in [0.2, 0.25) is 0 Å². The summed E-state index contributed by atoms with van der Waals surface area (Å²) in [4.78, 5) is 13.7. The molecule has 1 aromatic carbocycles. The van der Waals surface area contributed by atoms with Crippen LogP contribution in [0.4, 0.5) is 5.69 Å². The number of methoxy groups -OCH3 is 1. The molecule has 1 aromatic rings. The number of carbonyl (C=O) groups excluding carboxylic acids is 1. The molecule has 5 nitrogen and oxygen atoms in total. The van der Waals surface area contributed by atoms with Crippen LogP contribution in [0.2, 0.25) is 5.02 Å². The molecule has 100 valence electrons. The van der Waals surface area contributed by atoms with Crippen molar-refractivity contribution in [2.24, 2.45) is 0 Å². The van der Waals surface area contributed by atoms with Crippen molar-refractivity contribution in [3.63, 3.8) is 0 Å². The molecular formula is C12H17ClN2O3. The molecule has 0 atom stereocenters. The van der Waals surface area contributed by atoms with Crippen LogP contribution in [-0.4, -0.2) is 49.3 Å². The van der Waals surface area contributed by atoms with Gasteiger partial charge in [-0.15, -0.1) is 0 Å². The second kappa shape index (κ2) is 7.20. The van der Waals surface area contributed by atoms with Crippen LogP contribution in [0, 0.1) is 0 Å². The van der Waals surface area contributed by atoms with Crippen molar-refractivity contribution in [1.29, 1.82) is 0 Å². The highest BCUT2D eigenvalue weighted by Gasteiger charge is 2.15. The first-order valence-electron chi connectivity index (χ1n) is 5.54. The lowest BCUT2D eigenvalue weighted by molar-refractivity contribution is 0.0656. The van der Waals surface area contributed by atoms with E-state index in [-0.39, 0.29) is 19.1 Å². The van der Waals surface area contributed by atoms with Gasteiger partial charge in [-0.2, -0.15) is 0 Å². The number of hydrogen-bond donors (Lipinski definition) is 2. The van der Waals surface area contributed by atoms with Gasteiger partial charge in [0.1, 0.15) is 0 Å². The molecule has 0 aromatic heterocycles. The number of carbonyl (C=O) groups is 1. The lowest BCUT2D eigenvalue weighted by Crippen LogP contribution is -2.36. The van der Waals surface area contributed by atoms with E-state index in [0.29, 0.717) is 29.4 Å². The Bertz CT molecular complexity index is 412. The van der Waals surface area contributed by atoms with Gasteiger partial charge in [-0.05, 0) is 18.2 Å². The summed E-state index contributed by atoms with van der Waals surface area (Å²) < 4.78 is 4.93. The summed E-state index contributed by atoms with van der Waals surface area (Å²) in [6, 6.07) is 4.72. The molecule has 0 saturated heterocycles. The number of ether oxygens (including phenoxy) is 1. The number of hydrogen-bond acceptors (Lipinski definition) is 4. The molecule has 0 radical (unpaired) electrons. The number of aliphatic hydroxyl groups excluding tert-OH is 1. The molecule has 0 spiro atoms. The van der Waals surface area contributed by atoms with Crippen molar-refractivity contribution in [3.8, 4) is 0 Å². The summed E-state index contributed by atoms with van der Waals surface area (Å²) in [6.07, 6.45) is 0. The molecule has 6 heteroatoms. The fourth-order valence-corrected chi connectivity index (χ4v) is 1.66. The predicted octanol–water partition coefficient (Wildman–Crippen LogP) is 1.00. The van der Waals surface area contributed by atoms with Gasteiger partial charge in [0.05, 0.1) is 23.9 Å². The molecule has 1 amide bonds. The zero-order valence-corrected chi connectivity index (χ0v) is 11.0. The normalized spacial score (nSPS) is 10.4. The molecule has 0 heterocycles. The summed E-state index contributed by atoms with van der Waals surface area (Å²) in [5, 5.41) is 9.29. The Morgan fingerprint density at radius 3 is 2.78 bits per heavy atom. The Morgan fingerprint density at radius 1 is 1.50 bits per heavy atom. The van der Waals surface area contributed by atoms with Crippen molar-refractivity contribution in [2.45, 2.75) is 0 Å². The fraction of sp³-hybridized carbons (Fsp3) is 0.417. The summed E-state index contributed by atoms with van der Waals surface area (Å²) in [5.74, 6) is -0.206. The van der Waals surface area contributed by atoms with Crippen LogP contribution in [-0.2, 0) is 4.74 Å². The number of halogens is 1. The average Bonchev–Trinajstić information content (AvgIpc) is 2.37. The van der Waals surface area contributed by atoms with Crippen LogP contribution in [0.5, 0.6) is 0 Å². The smallest absolute Gasteiger partial charge is 0.254 e. The molecule has 0 unspecified atom stereocenters. The third kappa shape index (κ3) is 3.87. The van der Waals surface area contributed by atoms with Gasteiger partial charge in [0, 0.05) is 25.8 Å². The second-order valence-corrected chi connectivity index (χ2v) is 4.15. The van der Waals surface area contributed by atoms with Crippen LogP contribution in [0.15, 0.2) is 18.2 Å². The number of amides is 1. The van der Waals surface area contributed by atoms with Crippen LogP contribution in [0.1, 0.15) is 10.4 Å². The number of rotatable bonds is 6. The van der Waals surface area contributed by atoms with E-state index in [1.807, 2.05) is 0 Å². The van der Waals surface area contributed by atoms with Gasteiger partial charge < -0.3 is 20.5 Å². The van der Waals surface area contributed by atoms with E-state index in [1.165, 1.54) is 11.0 Å². The van der Waals surface area contributed by atoms with Crippen LogP contribution < -0.4 is 5.73 Å². The quantitative estimate of drug-likeness (QED) is 0.758. The van der Waals surface area contributed by atoms with E-state index in [1.54, 1.807) is 19.2 Å². The molecule has 0 saturated carbocycles. The van der Waals surface area contributed by atoms with Gasteiger partial charge in [0.15, 0.2) is 0 Å². The first kappa shape index (κ1) is 14.8. The largest absolute Gasteiger partial charge is 0.398 e. The topological polar surface area (TPSA) is 75.8 Å².